The van der Waals surface area contributed by atoms with E-state index in [2.05, 4.69) is 31.2 Å². The lowest BCUT2D eigenvalue weighted by Crippen LogP contribution is -2.51. The zero-order valence-electron chi connectivity index (χ0n) is 18.6. The van der Waals surface area contributed by atoms with Crippen LogP contribution in [0.1, 0.15) is 32.8 Å². The Kier molecular flexibility index (Phi) is 7.51. The first-order valence-electron chi connectivity index (χ1n) is 10.7. The molecule has 0 saturated carbocycles. The maximum atomic E-state index is 13.0. The van der Waals surface area contributed by atoms with Crippen molar-refractivity contribution in [1.29, 1.82) is 0 Å². The van der Waals surface area contributed by atoms with Crippen LogP contribution in [0.2, 0.25) is 0 Å². The summed E-state index contributed by atoms with van der Waals surface area (Å²) in [6.07, 6.45) is 4.45. The largest absolute Gasteiger partial charge is 0.355 e. The Hall–Kier alpha value is -2.23. The quantitative estimate of drug-likeness (QED) is 0.623. The lowest BCUT2D eigenvalue weighted by molar-refractivity contribution is -0.122. The molecule has 1 fully saturated rings. The number of benzene rings is 1. The van der Waals surface area contributed by atoms with Crippen LogP contribution in [-0.2, 0) is 26.8 Å². The van der Waals surface area contributed by atoms with Gasteiger partial charge in [-0.2, -0.15) is 9.40 Å². The smallest absolute Gasteiger partial charge is 0.243 e. The van der Waals surface area contributed by atoms with E-state index in [0.717, 1.165) is 18.5 Å². The highest BCUT2D eigenvalue weighted by atomic mass is 32.2. The lowest BCUT2D eigenvalue weighted by Gasteiger charge is -2.33. The second kappa shape index (κ2) is 9.93. The average molecular weight is 448 g/mol. The number of rotatable bonds is 8. The summed E-state index contributed by atoms with van der Waals surface area (Å²) in [5.41, 5.74) is 1.08. The van der Waals surface area contributed by atoms with Crippen LogP contribution >= 0.6 is 0 Å². The van der Waals surface area contributed by atoms with Crippen molar-refractivity contribution in [3.8, 4) is 0 Å². The third-order valence-electron chi connectivity index (χ3n) is 5.50. The molecule has 1 saturated heterocycles. The van der Waals surface area contributed by atoms with Gasteiger partial charge >= 0.3 is 0 Å². The van der Waals surface area contributed by atoms with E-state index in [1.165, 1.54) is 4.31 Å². The van der Waals surface area contributed by atoms with Crippen molar-refractivity contribution < 1.29 is 13.2 Å². The first-order valence-corrected chi connectivity index (χ1v) is 12.2. The average Bonchev–Trinajstić information content (AvgIpc) is 3.25. The van der Waals surface area contributed by atoms with Gasteiger partial charge < -0.3 is 5.32 Å². The molecule has 0 unspecified atom stereocenters. The zero-order chi connectivity index (χ0) is 22.5. The van der Waals surface area contributed by atoms with Gasteiger partial charge in [0.2, 0.25) is 15.9 Å². The summed E-state index contributed by atoms with van der Waals surface area (Å²) in [5, 5.41) is 7.06. The number of sulfonamides is 1. The van der Waals surface area contributed by atoms with Crippen LogP contribution in [-0.4, -0.2) is 72.6 Å². The Morgan fingerprint density at radius 3 is 2.35 bits per heavy atom. The van der Waals surface area contributed by atoms with Gasteiger partial charge in [0, 0.05) is 51.7 Å². The summed E-state index contributed by atoms with van der Waals surface area (Å²) >= 11 is 0. The highest BCUT2D eigenvalue weighted by molar-refractivity contribution is 7.89. The van der Waals surface area contributed by atoms with E-state index in [-0.39, 0.29) is 17.9 Å². The molecule has 0 atom stereocenters. The molecule has 3 rings (SSSR count). The van der Waals surface area contributed by atoms with Gasteiger partial charge in [0.15, 0.2) is 0 Å². The maximum Gasteiger partial charge on any atom is 0.243 e. The molecule has 170 valence electrons. The summed E-state index contributed by atoms with van der Waals surface area (Å²) < 4.78 is 29.3. The zero-order valence-corrected chi connectivity index (χ0v) is 19.4. The topological polar surface area (TPSA) is 87.5 Å². The summed E-state index contributed by atoms with van der Waals surface area (Å²) in [6.45, 7) is 9.81. The molecule has 1 aromatic carbocycles. The van der Waals surface area contributed by atoms with E-state index in [1.807, 2.05) is 34.0 Å². The number of carbonyl (C=O) groups excluding carboxylic acids is 1. The van der Waals surface area contributed by atoms with E-state index in [0.29, 0.717) is 37.6 Å². The maximum absolute atomic E-state index is 13.0. The molecule has 1 aliphatic rings. The molecule has 8 nitrogen and oxygen atoms in total. The van der Waals surface area contributed by atoms with Crippen molar-refractivity contribution in [1.82, 2.24) is 24.3 Å². The molecular weight excluding hydrogens is 414 g/mol. The fraction of sp³-hybridized carbons (Fsp3) is 0.545. The summed E-state index contributed by atoms with van der Waals surface area (Å²) in [5.74, 6) is -0.0328. The second-order valence-electron chi connectivity index (χ2n) is 8.93. The molecular formula is C22H33N5O3S. The van der Waals surface area contributed by atoms with Crippen LogP contribution in [0.15, 0.2) is 47.6 Å². The Balaban J connectivity index is 1.43. The van der Waals surface area contributed by atoms with Gasteiger partial charge in [0.1, 0.15) is 0 Å². The summed E-state index contributed by atoms with van der Waals surface area (Å²) in [4.78, 5) is 14.5. The van der Waals surface area contributed by atoms with Crippen LogP contribution < -0.4 is 5.32 Å². The molecule has 1 N–H and O–H groups in total. The molecule has 0 aliphatic carbocycles. The molecule has 0 radical (unpaired) electrons. The SMILES string of the molecule is CC(C)(C)c1ccc(S(=O)(=O)N2CCN(CC(=O)NCCCn3cccn3)CC2)cc1. The van der Waals surface area contributed by atoms with Gasteiger partial charge in [-0.05, 0) is 35.6 Å². The highest BCUT2D eigenvalue weighted by Gasteiger charge is 2.29. The number of aryl methyl sites for hydroxylation is 1. The van der Waals surface area contributed by atoms with E-state index < -0.39 is 10.0 Å². The predicted molar refractivity (Wildman–Crippen MR) is 120 cm³/mol. The molecule has 2 heterocycles. The van der Waals surface area contributed by atoms with Crippen molar-refractivity contribution in [3.05, 3.63) is 48.3 Å². The first-order chi connectivity index (χ1) is 14.7. The molecule has 2 aromatic rings. The number of nitrogens with zero attached hydrogens (tertiary/aromatic N) is 4. The number of piperazine rings is 1. The Morgan fingerprint density at radius 1 is 1.10 bits per heavy atom. The lowest BCUT2D eigenvalue weighted by atomic mass is 9.87. The Morgan fingerprint density at radius 2 is 1.77 bits per heavy atom. The van der Waals surface area contributed by atoms with Crippen LogP contribution in [0.3, 0.4) is 0 Å². The van der Waals surface area contributed by atoms with Crippen molar-refractivity contribution in [2.45, 2.75) is 44.0 Å². The summed E-state index contributed by atoms with van der Waals surface area (Å²) in [6, 6.07) is 9.04. The third-order valence-corrected chi connectivity index (χ3v) is 7.41. The van der Waals surface area contributed by atoms with Crippen LogP contribution in [0.25, 0.3) is 0 Å². The molecule has 0 bridgehead atoms. The number of aromatic nitrogens is 2. The second-order valence-corrected chi connectivity index (χ2v) is 10.9. The number of nitrogens with one attached hydrogen (secondary N) is 1. The van der Waals surface area contributed by atoms with Crippen LogP contribution in [0, 0.1) is 0 Å². The fourth-order valence-electron chi connectivity index (χ4n) is 3.56. The standard InChI is InChI=1S/C22H33N5O3S/c1-22(2,3)19-6-8-20(9-7-19)31(29,30)27-16-14-25(15-17-27)18-21(28)23-10-4-12-26-13-5-11-24-26/h5-9,11,13H,4,10,12,14-18H2,1-3H3,(H,23,28). The van der Waals surface area contributed by atoms with E-state index in [4.69, 9.17) is 0 Å². The monoisotopic (exact) mass is 447 g/mol. The minimum Gasteiger partial charge on any atom is -0.355 e. The highest BCUT2D eigenvalue weighted by Crippen LogP contribution is 2.25. The van der Waals surface area contributed by atoms with Crippen molar-refractivity contribution in [2.75, 3.05) is 39.3 Å². The van der Waals surface area contributed by atoms with Gasteiger partial charge in [-0.3, -0.25) is 14.4 Å². The molecule has 9 heteroatoms. The van der Waals surface area contributed by atoms with Crippen molar-refractivity contribution in [3.63, 3.8) is 0 Å². The van der Waals surface area contributed by atoms with Crippen LogP contribution in [0.5, 0.6) is 0 Å². The van der Waals surface area contributed by atoms with Gasteiger partial charge in [-0.15, -0.1) is 0 Å². The Bertz CT molecular complexity index is 942. The molecule has 1 aliphatic heterocycles. The number of carbonyl (C=O) groups is 1. The van der Waals surface area contributed by atoms with E-state index in [9.17, 15) is 13.2 Å². The number of hydrogen-bond acceptors (Lipinski definition) is 5. The minimum absolute atomic E-state index is 0.0202. The Labute approximate surface area is 185 Å². The summed E-state index contributed by atoms with van der Waals surface area (Å²) in [7, 11) is -3.52. The van der Waals surface area contributed by atoms with Crippen LogP contribution in [0.4, 0.5) is 0 Å². The van der Waals surface area contributed by atoms with E-state index in [1.54, 1.807) is 18.3 Å². The third kappa shape index (κ3) is 6.38. The molecule has 0 spiro atoms. The molecule has 1 amide bonds. The van der Waals surface area contributed by atoms with Gasteiger partial charge in [0.05, 0.1) is 11.4 Å². The van der Waals surface area contributed by atoms with E-state index >= 15 is 0 Å². The fourth-order valence-corrected chi connectivity index (χ4v) is 4.99. The van der Waals surface area contributed by atoms with Gasteiger partial charge in [-0.1, -0.05) is 32.9 Å². The predicted octanol–water partition coefficient (Wildman–Crippen LogP) is 1.69. The van der Waals surface area contributed by atoms with Gasteiger partial charge in [0.25, 0.3) is 0 Å². The van der Waals surface area contributed by atoms with Gasteiger partial charge in [-0.25, -0.2) is 8.42 Å². The molecule has 1 aromatic heterocycles. The van der Waals surface area contributed by atoms with Crippen molar-refractivity contribution in [2.24, 2.45) is 0 Å². The number of hydrogen-bond donors (Lipinski definition) is 1. The van der Waals surface area contributed by atoms with Crippen molar-refractivity contribution >= 4 is 15.9 Å². The normalized spacial score (nSPS) is 16.4. The number of amides is 1. The minimum atomic E-state index is -3.52. The first kappa shape index (κ1) is 23.4. The molecule has 31 heavy (non-hydrogen) atoms.